The van der Waals surface area contributed by atoms with Gasteiger partial charge in [0, 0.05) is 0 Å². The zero-order valence-electron chi connectivity index (χ0n) is 10.1. The number of nitrogens with zero attached hydrogens (tertiary/aromatic N) is 2. The average Bonchev–Trinajstić information content (AvgIpc) is 2.03. The molecule has 0 aliphatic heterocycles. The zero-order chi connectivity index (χ0) is 12.3. The maximum absolute atomic E-state index is 4.45. The Balaban J connectivity index is -0.000000166. The summed E-state index contributed by atoms with van der Waals surface area (Å²) in [6, 6.07) is 9.87. The minimum Gasteiger partial charge on any atom is -0.702 e. The summed E-state index contributed by atoms with van der Waals surface area (Å²) < 4.78 is 3.17. The first-order valence-electron chi connectivity index (χ1n) is 4.42. The maximum atomic E-state index is 4.45. The van der Waals surface area contributed by atoms with Gasteiger partial charge >= 0.3 is 16.5 Å². The smallest absolute Gasteiger partial charge is 0.702 e. The van der Waals surface area contributed by atoms with Crippen LogP contribution in [0.15, 0.2) is 30.3 Å². The summed E-state index contributed by atoms with van der Waals surface area (Å²) in [6.07, 6.45) is 0. The third-order valence-corrected chi connectivity index (χ3v) is 0.843. The van der Waals surface area contributed by atoms with Gasteiger partial charge in [-0.05, 0) is 28.2 Å². The Morgan fingerprint density at radius 3 is 1.25 bits per heavy atom. The molecule has 0 aliphatic carbocycles. The van der Waals surface area contributed by atoms with Gasteiger partial charge in [0.1, 0.15) is 0 Å². The number of benzene rings is 1. The topological polar surface area (TPSA) is 6.48 Å². The molecule has 0 aliphatic rings. The van der Waals surface area contributed by atoms with Gasteiger partial charge in [0.15, 0.2) is 0 Å². The van der Waals surface area contributed by atoms with Crippen molar-refractivity contribution in [2.24, 2.45) is 0 Å². The molecule has 0 aromatic heterocycles. The Morgan fingerprint density at radius 2 is 1.12 bits per heavy atom. The van der Waals surface area contributed by atoms with Gasteiger partial charge in [-0.2, -0.15) is 24.6 Å². The third kappa shape index (κ3) is 36.8. The summed E-state index contributed by atoms with van der Waals surface area (Å²) in [5.74, 6) is 0. The van der Waals surface area contributed by atoms with Crippen LogP contribution in [-0.4, -0.2) is 36.8 Å². The predicted octanol–water partition coefficient (Wildman–Crippen LogP) is 1.89. The summed E-state index contributed by atoms with van der Waals surface area (Å²) >= 11 is 8.91. The summed E-state index contributed by atoms with van der Waals surface area (Å²) in [5.41, 5.74) is 1.07. The van der Waals surface area contributed by atoms with E-state index in [9.17, 15) is 0 Å². The number of hydrogen-bond donors (Lipinski definition) is 0. The standard InChI is InChI=1S/C7H7.2C2H6NS.Ni/c1-7-5-3-2-4-6-7;2*1-3(2)4;/h2-6H,1H2;2*1-2H3;/q3*-1;+3. The fourth-order valence-electron chi connectivity index (χ4n) is 0.478. The van der Waals surface area contributed by atoms with E-state index in [-0.39, 0.29) is 16.5 Å². The second-order valence-electron chi connectivity index (χ2n) is 3.11. The molecule has 0 unspecified atom stereocenters. The molecule has 0 saturated carbocycles. The maximum Gasteiger partial charge on any atom is 3.00 e. The van der Waals surface area contributed by atoms with Crippen molar-refractivity contribution in [1.82, 2.24) is 8.61 Å². The van der Waals surface area contributed by atoms with Crippen molar-refractivity contribution in [3.63, 3.8) is 0 Å². The van der Waals surface area contributed by atoms with Crippen LogP contribution >= 0.6 is 0 Å². The molecule has 0 bridgehead atoms. The van der Waals surface area contributed by atoms with Crippen molar-refractivity contribution >= 4 is 25.6 Å². The largest absolute Gasteiger partial charge is 3.00 e. The van der Waals surface area contributed by atoms with E-state index in [0.29, 0.717) is 0 Å². The van der Waals surface area contributed by atoms with E-state index in [4.69, 9.17) is 0 Å². The fraction of sp³-hybridized carbons (Fsp3) is 0.364. The van der Waals surface area contributed by atoms with Gasteiger partial charge in [0.05, 0.1) is 0 Å². The van der Waals surface area contributed by atoms with Gasteiger partial charge in [0.2, 0.25) is 0 Å². The molecule has 2 nitrogen and oxygen atoms in total. The number of rotatable bonds is 0. The van der Waals surface area contributed by atoms with Gasteiger partial charge < -0.3 is 34.2 Å². The monoisotopic (exact) mass is 301 g/mol. The van der Waals surface area contributed by atoms with Crippen molar-refractivity contribution in [1.29, 1.82) is 0 Å². The van der Waals surface area contributed by atoms with Crippen LogP contribution in [0, 0.1) is 6.92 Å². The molecule has 1 radical (unpaired) electrons. The summed E-state index contributed by atoms with van der Waals surface area (Å²) in [4.78, 5) is 0. The molecule has 0 spiro atoms. The zero-order valence-corrected chi connectivity index (χ0v) is 12.7. The van der Waals surface area contributed by atoms with Crippen LogP contribution in [-0.2, 0) is 42.1 Å². The molecule has 1 aromatic carbocycles. The van der Waals surface area contributed by atoms with E-state index in [2.05, 4.69) is 32.6 Å². The molecule has 0 N–H and O–H groups in total. The normalized spacial score (nSPS) is 8.25. The van der Waals surface area contributed by atoms with E-state index in [0.717, 1.165) is 5.56 Å². The quantitative estimate of drug-likeness (QED) is 0.410. The molecule has 0 amide bonds. The van der Waals surface area contributed by atoms with E-state index in [1.54, 1.807) is 8.61 Å². The van der Waals surface area contributed by atoms with Gasteiger partial charge in [-0.3, -0.25) is 0 Å². The Kier molecular flexibility index (Phi) is 20.4. The second kappa shape index (κ2) is 15.2. The molecule has 0 fully saturated rings. The molecule has 5 heteroatoms. The van der Waals surface area contributed by atoms with Crippen LogP contribution in [0.25, 0.3) is 0 Å². The van der Waals surface area contributed by atoms with E-state index < -0.39 is 0 Å². The minimum atomic E-state index is 0. The first-order valence-corrected chi connectivity index (χ1v) is 5.15. The molecule has 95 valence electrons. The molecular weight excluding hydrogens is 283 g/mol. The van der Waals surface area contributed by atoms with Crippen molar-refractivity contribution in [3.05, 3.63) is 42.8 Å². The van der Waals surface area contributed by atoms with Crippen LogP contribution in [0.5, 0.6) is 0 Å². The summed E-state index contributed by atoms with van der Waals surface area (Å²) in [5, 5.41) is 0. The molecule has 1 rings (SSSR count). The molecule has 16 heavy (non-hydrogen) atoms. The summed E-state index contributed by atoms with van der Waals surface area (Å²) in [6.45, 7) is 3.72. The van der Waals surface area contributed by atoms with Crippen LogP contribution in [0.3, 0.4) is 0 Å². The van der Waals surface area contributed by atoms with E-state index in [1.807, 2.05) is 58.5 Å². The first kappa shape index (κ1) is 21.5. The number of hydrogen-bond acceptors (Lipinski definition) is 4. The average molecular weight is 302 g/mol. The van der Waals surface area contributed by atoms with Crippen LogP contribution in [0.1, 0.15) is 5.56 Å². The Hall–Kier alpha value is 0.204. The third-order valence-electron chi connectivity index (χ3n) is 0.843. The van der Waals surface area contributed by atoms with Crippen LogP contribution < -0.4 is 0 Å². The van der Waals surface area contributed by atoms with Gasteiger partial charge in [0.25, 0.3) is 0 Å². The molecular formula is C11H19N2NiS2. The van der Waals surface area contributed by atoms with Crippen LogP contribution in [0.4, 0.5) is 0 Å². The van der Waals surface area contributed by atoms with Crippen molar-refractivity contribution in [3.8, 4) is 0 Å². The van der Waals surface area contributed by atoms with Crippen molar-refractivity contribution in [2.45, 2.75) is 0 Å². The Bertz CT molecular complexity index is 207. The Morgan fingerprint density at radius 1 is 0.875 bits per heavy atom. The molecule has 0 heterocycles. The van der Waals surface area contributed by atoms with Crippen molar-refractivity contribution < 1.29 is 16.5 Å². The molecule has 0 atom stereocenters. The predicted molar refractivity (Wildman–Crippen MR) is 73.0 cm³/mol. The van der Waals surface area contributed by atoms with Gasteiger partial charge in [-0.15, -0.1) is 12.1 Å². The van der Waals surface area contributed by atoms with Gasteiger partial charge in [-0.25, -0.2) is 0 Å². The van der Waals surface area contributed by atoms with Gasteiger partial charge in [-0.1, -0.05) is 6.07 Å². The summed E-state index contributed by atoms with van der Waals surface area (Å²) in [7, 11) is 7.26. The SMILES string of the molecule is CN(C)[S-].CN(C)[S-].[CH2-]c1ccccc1.[Ni+3]. The second-order valence-corrected chi connectivity index (χ2v) is 4.57. The Labute approximate surface area is 121 Å². The molecule has 1 aromatic rings. The van der Waals surface area contributed by atoms with Crippen LogP contribution in [0.2, 0.25) is 0 Å². The van der Waals surface area contributed by atoms with E-state index >= 15 is 0 Å². The first-order chi connectivity index (χ1) is 6.86. The van der Waals surface area contributed by atoms with Crippen molar-refractivity contribution in [2.75, 3.05) is 28.2 Å². The van der Waals surface area contributed by atoms with E-state index in [1.165, 1.54) is 0 Å². The minimum absolute atomic E-state index is 0. The molecule has 0 saturated heterocycles. The fourth-order valence-corrected chi connectivity index (χ4v) is 0.478.